The Morgan fingerprint density at radius 2 is 0.571 bits per heavy atom. The van der Waals surface area contributed by atoms with Gasteiger partial charge in [-0.15, -0.1) is 0 Å². The second kappa shape index (κ2) is 17.4. The zero-order valence-electron chi connectivity index (χ0n) is 46.3. The highest BCUT2D eigenvalue weighted by molar-refractivity contribution is 6.19. The first kappa shape index (κ1) is 47.0. The van der Waals surface area contributed by atoms with E-state index in [4.69, 9.17) is 8.83 Å². The van der Waals surface area contributed by atoms with Crippen LogP contribution in [0.25, 0.3) is 109 Å². The summed E-state index contributed by atoms with van der Waals surface area (Å²) < 4.78 is 14.1. The Hall–Kier alpha value is -10.7. The van der Waals surface area contributed by atoms with Crippen LogP contribution in [-0.2, 0) is 10.8 Å². The van der Waals surface area contributed by atoms with Crippen molar-refractivity contribution in [3.8, 4) is 22.3 Å². The molecule has 2 unspecified atom stereocenters. The van der Waals surface area contributed by atoms with Crippen LogP contribution in [0.2, 0.25) is 0 Å². The van der Waals surface area contributed by atoms with Gasteiger partial charge in [0.2, 0.25) is 0 Å². The summed E-state index contributed by atoms with van der Waals surface area (Å²) in [7, 11) is 0. The minimum atomic E-state index is -0.669. The van der Waals surface area contributed by atoms with E-state index in [1.807, 2.05) is 0 Å². The molecular formula is C80H52N2O2. The first-order valence-corrected chi connectivity index (χ1v) is 29.2. The zero-order chi connectivity index (χ0) is 55.4. The molecule has 0 spiro atoms. The average Bonchev–Trinajstić information content (AvgIpc) is 1.51. The molecule has 4 nitrogen and oxygen atoms in total. The summed E-state index contributed by atoms with van der Waals surface area (Å²) in [6.45, 7) is 5.10. The average molecular weight is 1070 g/mol. The zero-order valence-corrected chi connectivity index (χ0v) is 46.3. The van der Waals surface area contributed by atoms with Crippen molar-refractivity contribution in [2.45, 2.75) is 24.7 Å². The molecule has 2 atom stereocenters. The number of hydrogen-bond acceptors (Lipinski definition) is 4. The Morgan fingerprint density at radius 3 is 1.02 bits per heavy atom. The molecule has 4 heteroatoms. The molecule has 0 aliphatic heterocycles. The number of nitrogens with zero attached hydrogens (tertiary/aromatic N) is 2. The van der Waals surface area contributed by atoms with Gasteiger partial charge < -0.3 is 18.6 Å². The lowest BCUT2D eigenvalue weighted by atomic mass is 9.56. The highest BCUT2D eigenvalue weighted by Gasteiger charge is 2.58. The Morgan fingerprint density at radius 1 is 0.250 bits per heavy atom. The van der Waals surface area contributed by atoms with Gasteiger partial charge in [0.15, 0.2) is 11.2 Å². The standard InChI is InChI=1S/C80H52N2O2/c1-79(63-39-15-11-35-61(63)75-57-33-9-7-29-53(57)71(47-65(75)79)81(67-41-19-25-49-23-3-5-27-51(49)67)69-43-21-37-59-55-31-13-17-45-73(55)83-77(59)69)80(2)64-40-16-12-36-62(64)76-58-34-10-8-30-54(58)72(48-66(76)80)82(68-42-20-26-50-24-4-6-28-52(50)68)70-44-22-38-60-56-32-14-18-46-74(56)84-78(60)70/h3-48H,1-2H3. The van der Waals surface area contributed by atoms with Gasteiger partial charge >= 0.3 is 0 Å². The van der Waals surface area contributed by atoms with Crippen molar-refractivity contribution in [3.05, 3.63) is 301 Å². The summed E-state index contributed by atoms with van der Waals surface area (Å²) in [6, 6.07) is 103. The molecule has 0 fully saturated rings. The van der Waals surface area contributed by atoms with Crippen LogP contribution < -0.4 is 9.80 Å². The third-order valence-corrected chi connectivity index (χ3v) is 19.3. The molecule has 0 N–H and O–H groups in total. The van der Waals surface area contributed by atoms with Crippen LogP contribution in [0, 0.1) is 0 Å². The van der Waals surface area contributed by atoms with Gasteiger partial charge in [-0.25, -0.2) is 0 Å². The maximum atomic E-state index is 7.03. The van der Waals surface area contributed by atoms with Crippen LogP contribution in [0.15, 0.2) is 288 Å². The van der Waals surface area contributed by atoms with Crippen molar-refractivity contribution in [3.63, 3.8) is 0 Å². The first-order chi connectivity index (χ1) is 41.5. The minimum Gasteiger partial charge on any atom is -0.454 e. The number of rotatable bonds is 7. The van der Waals surface area contributed by atoms with Crippen molar-refractivity contribution < 1.29 is 8.83 Å². The van der Waals surface area contributed by atoms with Crippen molar-refractivity contribution in [2.75, 3.05) is 9.80 Å². The number of benzene rings is 14. The second-order valence-electron chi connectivity index (χ2n) is 23.2. The van der Waals surface area contributed by atoms with Crippen molar-refractivity contribution >= 4 is 121 Å². The number of anilines is 6. The largest absolute Gasteiger partial charge is 0.454 e. The Balaban J connectivity index is 0.962. The summed E-state index contributed by atoms with van der Waals surface area (Å²) >= 11 is 0. The molecule has 16 aromatic rings. The van der Waals surface area contributed by atoms with Gasteiger partial charge in [0.1, 0.15) is 11.2 Å². The molecule has 0 radical (unpaired) electrons. The van der Waals surface area contributed by atoms with Gasteiger partial charge in [0.25, 0.3) is 0 Å². The van der Waals surface area contributed by atoms with Crippen LogP contribution in [0.3, 0.4) is 0 Å². The highest BCUT2D eigenvalue weighted by Crippen LogP contribution is 2.68. The molecule has 0 bridgehead atoms. The molecule has 2 aromatic heterocycles. The maximum Gasteiger partial charge on any atom is 0.159 e. The lowest BCUT2D eigenvalue weighted by molar-refractivity contribution is 0.376. The van der Waals surface area contributed by atoms with E-state index < -0.39 is 10.8 Å². The van der Waals surface area contributed by atoms with Crippen molar-refractivity contribution in [1.29, 1.82) is 0 Å². The first-order valence-electron chi connectivity index (χ1n) is 29.2. The van der Waals surface area contributed by atoms with E-state index >= 15 is 0 Å². The number of furan rings is 2. The van der Waals surface area contributed by atoms with E-state index in [9.17, 15) is 0 Å². The van der Waals surface area contributed by atoms with E-state index in [-0.39, 0.29) is 0 Å². The van der Waals surface area contributed by atoms with Crippen LogP contribution >= 0.6 is 0 Å². The lowest BCUT2D eigenvalue weighted by Gasteiger charge is -2.46. The lowest BCUT2D eigenvalue weighted by Crippen LogP contribution is -2.44. The van der Waals surface area contributed by atoms with Gasteiger partial charge in [-0.2, -0.15) is 0 Å². The SMILES string of the molecule is CC1(C2(C)c3ccccc3-c3c2cc(N(c2cccc4ccccc24)c2cccc4c2oc2ccccc24)c2ccccc32)c2ccccc2-c2c1cc(N(c1cccc3ccccc13)c1cccc3c1oc1ccccc13)c1ccccc21. The fraction of sp³-hybridized carbons (Fsp3) is 0.0500. The fourth-order valence-electron chi connectivity index (χ4n) is 15.5. The molecule has 2 aliphatic carbocycles. The van der Waals surface area contributed by atoms with Crippen LogP contribution in [-0.4, -0.2) is 0 Å². The second-order valence-corrected chi connectivity index (χ2v) is 23.2. The summed E-state index contributed by atoms with van der Waals surface area (Å²) in [6.07, 6.45) is 0. The predicted octanol–water partition coefficient (Wildman–Crippen LogP) is 22.3. The van der Waals surface area contributed by atoms with E-state index in [1.54, 1.807) is 0 Å². The van der Waals surface area contributed by atoms with Gasteiger partial charge in [0.05, 0.1) is 34.1 Å². The van der Waals surface area contributed by atoms with Gasteiger partial charge in [-0.1, -0.05) is 244 Å². The summed E-state index contributed by atoms with van der Waals surface area (Å²) in [5.74, 6) is 0. The van der Waals surface area contributed by atoms with Crippen LogP contribution in [0.4, 0.5) is 34.1 Å². The normalized spacial score (nSPS) is 16.1. The van der Waals surface area contributed by atoms with E-state index in [0.717, 1.165) is 99.5 Å². The molecule has 18 rings (SSSR count). The summed E-state index contributed by atoms with van der Waals surface area (Å²) in [5.41, 5.74) is 18.6. The number of hydrogen-bond donors (Lipinski definition) is 0. The molecule has 84 heavy (non-hydrogen) atoms. The van der Waals surface area contributed by atoms with E-state index in [1.165, 1.54) is 66.1 Å². The monoisotopic (exact) mass is 1070 g/mol. The molecule has 0 saturated carbocycles. The van der Waals surface area contributed by atoms with E-state index in [2.05, 4.69) is 303 Å². The molecule has 394 valence electrons. The molecular weight excluding hydrogens is 1020 g/mol. The predicted molar refractivity (Wildman–Crippen MR) is 351 cm³/mol. The van der Waals surface area contributed by atoms with Crippen LogP contribution in [0.1, 0.15) is 36.1 Å². The molecule has 2 heterocycles. The molecule has 0 saturated heterocycles. The van der Waals surface area contributed by atoms with Crippen molar-refractivity contribution in [2.24, 2.45) is 0 Å². The number of fused-ring (bicyclic) bond motifs is 18. The minimum absolute atomic E-state index is 0.669. The Kier molecular flexibility index (Phi) is 9.75. The quantitative estimate of drug-likeness (QED) is 0.159. The summed E-state index contributed by atoms with van der Waals surface area (Å²) in [4.78, 5) is 5.01. The Labute approximate surface area is 485 Å². The fourth-order valence-corrected chi connectivity index (χ4v) is 15.5. The maximum absolute atomic E-state index is 7.03. The van der Waals surface area contributed by atoms with E-state index in [0.29, 0.717) is 0 Å². The molecule has 2 aliphatic rings. The van der Waals surface area contributed by atoms with Gasteiger partial charge in [-0.3, -0.25) is 0 Å². The smallest absolute Gasteiger partial charge is 0.159 e. The number of para-hydroxylation sites is 4. The molecule has 0 amide bonds. The Bertz CT molecular complexity index is 5120. The molecule has 14 aromatic carbocycles. The topological polar surface area (TPSA) is 32.8 Å². The third kappa shape index (κ3) is 6.21. The van der Waals surface area contributed by atoms with Gasteiger partial charge in [0, 0.05) is 53.9 Å². The summed E-state index contributed by atoms with van der Waals surface area (Å²) in [5, 5.41) is 13.7. The van der Waals surface area contributed by atoms with Crippen LogP contribution in [0.5, 0.6) is 0 Å². The highest BCUT2D eigenvalue weighted by atomic mass is 16.3. The van der Waals surface area contributed by atoms with Gasteiger partial charge in [-0.05, 0) is 115 Å². The third-order valence-electron chi connectivity index (χ3n) is 19.3. The van der Waals surface area contributed by atoms with Crippen molar-refractivity contribution in [1.82, 2.24) is 0 Å².